The minimum atomic E-state index is 0.582. The molecule has 0 radical (unpaired) electrons. The highest BCUT2D eigenvalue weighted by atomic mass is 15.2. The highest BCUT2D eigenvalue weighted by molar-refractivity contribution is 5.89. The standard InChI is InChI=1S/C14H16N6/c1-3-15-14-18-12(11-8-16-20-13(11)19-14)17-10-6-4-9(2)5-7-10/h4-8H,3H2,1-2H3,(H3,15,16,17,18,19,20). The van der Waals surface area contributed by atoms with E-state index in [4.69, 9.17) is 0 Å². The summed E-state index contributed by atoms with van der Waals surface area (Å²) in [6.07, 6.45) is 1.72. The maximum absolute atomic E-state index is 4.49. The van der Waals surface area contributed by atoms with Crippen LogP contribution in [0.1, 0.15) is 12.5 Å². The lowest BCUT2D eigenvalue weighted by Gasteiger charge is -2.09. The van der Waals surface area contributed by atoms with Gasteiger partial charge in [-0.15, -0.1) is 0 Å². The number of nitrogens with one attached hydrogen (secondary N) is 3. The number of fused-ring (bicyclic) bond motifs is 1. The van der Waals surface area contributed by atoms with Crippen LogP contribution in [0.2, 0.25) is 0 Å². The van der Waals surface area contributed by atoms with Gasteiger partial charge >= 0.3 is 0 Å². The van der Waals surface area contributed by atoms with Gasteiger partial charge in [0.2, 0.25) is 5.95 Å². The second-order valence-electron chi connectivity index (χ2n) is 4.55. The molecule has 1 aromatic carbocycles. The molecule has 20 heavy (non-hydrogen) atoms. The van der Waals surface area contributed by atoms with Crippen LogP contribution in [0.3, 0.4) is 0 Å². The smallest absolute Gasteiger partial charge is 0.226 e. The van der Waals surface area contributed by atoms with E-state index >= 15 is 0 Å². The van der Waals surface area contributed by atoms with E-state index in [9.17, 15) is 0 Å². The molecule has 2 aromatic heterocycles. The molecule has 0 atom stereocenters. The van der Waals surface area contributed by atoms with Crippen LogP contribution in [0.4, 0.5) is 17.5 Å². The first-order valence-electron chi connectivity index (χ1n) is 6.55. The molecule has 3 aromatic rings. The van der Waals surface area contributed by atoms with Gasteiger partial charge in [-0.2, -0.15) is 15.1 Å². The lowest BCUT2D eigenvalue weighted by atomic mass is 10.2. The monoisotopic (exact) mass is 268 g/mol. The molecule has 3 N–H and O–H groups in total. The Kier molecular flexibility index (Phi) is 3.20. The third kappa shape index (κ3) is 2.40. The molecule has 0 saturated carbocycles. The van der Waals surface area contributed by atoms with E-state index in [1.54, 1.807) is 6.20 Å². The van der Waals surface area contributed by atoms with Crippen molar-refractivity contribution in [2.45, 2.75) is 13.8 Å². The molecule has 2 heterocycles. The Bertz CT molecular complexity index is 716. The van der Waals surface area contributed by atoms with Crippen molar-refractivity contribution in [3.63, 3.8) is 0 Å². The van der Waals surface area contributed by atoms with Crippen molar-refractivity contribution in [1.29, 1.82) is 0 Å². The highest BCUT2D eigenvalue weighted by Crippen LogP contribution is 2.23. The lowest BCUT2D eigenvalue weighted by molar-refractivity contribution is 1.07. The van der Waals surface area contributed by atoms with Crippen LogP contribution in [0.5, 0.6) is 0 Å². The Labute approximate surface area is 116 Å². The van der Waals surface area contributed by atoms with E-state index in [1.165, 1.54) is 5.56 Å². The molecular formula is C14H16N6. The Balaban J connectivity index is 2.00. The molecule has 3 rings (SSSR count). The van der Waals surface area contributed by atoms with Crippen molar-refractivity contribution in [2.75, 3.05) is 17.2 Å². The average Bonchev–Trinajstić information content (AvgIpc) is 2.90. The molecule has 0 spiro atoms. The number of nitrogens with zero attached hydrogens (tertiary/aromatic N) is 3. The predicted molar refractivity (Wildman–Crippen MR) is 80.3 cm³/mol. The van der Waals surface area contributed by atoms with Gasteiger partial charge in [-0.25, -0.2) is 0 Å². The van der Waals surface area contributed by atoms with Crippen molar-refractivity contribution >= 4 is 28.5 Å². The number of rotatable bonds is 4. The fourth-order valence-corrected chi connectivity index (χ4v) is 1.94. The second-order valence-corrected chi connectivity index (χ2v) is 4.55. The van der Waals surface area contributed by atoms with Crippen molar-refractivity contribution in [1.82, 2.24) is 20.2 Å². The maximum Gasteiger partial charge on any atom is 0.226 e. The number of hydrogen-bond donors (Lipinski definition) is 3. The quantitative estimate of drug-likeness (QED) is 0.678. The largest absolute Gasteiger partial charge is 0.354 e. The topological polar surface area (TPSA) is 78.5 Å². The van der Waals surface area contributed by atoms with Gasteiger partial charge in [-0.1, -0.05) is 17.7 Å². The Morgan fingerprint density at radius 3 is 2.70 bits per heavy atom. The summed E-state index contributed by atoms with van der Waals surface area (Å²) in [5.74, 6) is 1.32. The molecule has 6 heteroatoms. The molecule has 0 aliphatic heterocycles. The van der Waals surface area contributed by atoms with Gasteiger partial charge in [-0.3, -0.25) is 5.10 Å². The zero-order valence-electron chi connectivity index (χ0n) is 11.4. The number of H-pyrrole nitrogens is 1. The zero-order valence-corrected chi connectivity index (χ0v) is 11.4. The lowest BCUT2D eigenvalue weighted by Crippen LogP contribution is -2.04. The molecule has 0 saturated heterocycles. The molecule has 0 fully saturated rings. The van der Waals surface area contributed by atoms with Gasteiger partial charge in [0.15, 0.2) is 5.65 Å². The number of hydrogen-bond acceptors (Lipinski definition) is 5. The first-order valence-corrected chi connectivity index (χ1v) is 6.55. The third-order valence-corrected chi connectivity index (χ3v) is 2.96. The molecule has 0 unspecified atom stereocenters. The fraction of sp³-hybridized carbons (Fsp3) is 0.214. The molecular weight excluding hydrogens is 252 g/mol. The van der Waals surface area contributed by atoms with Crippen LogP contribution in [-0.2, 0) is 0 Å². The molecule has 0 aliphatic carbocycles. The Morgan fingerprint density at radius 2 is 1.95 bits per heavy atom. The van der Waals surface area contributed by atoms with Gasteiger partial charge in [-0.05, 0) is 26.0 Å². The predicted octanol–water partition coefficient (Wildman–Crippen LogP) is 2.84. The number of aromatic nitrogens is 4. The summed E-state index contributed by atoms with van der Waals surface area (Å²) < 4.78 is 0. The Hall–Kier alpha value is -2.63. The van der Waals surface area contributed by atoms with E-state index in [-0.39, 0.29) is 0 Å². The summed E-state index contributed by atoms with van der Waals surface area (Å²) in [5, 5.41) is 14.2. The summed E-state index contributed by atoms with van der Waals surface area (Å²) in [5.41, 5.74) is 2.92. The van der Waals surface area contributed by atoms with Gasteiger partial charge in [0.1, 0.15) is 5.82 Å². The second kappa shape index (κ2) is 5.16. The SMILES string of the molecule is CCNc1nc(Nc2ccc(C)cc2)c2cn[nH]c2n1. The van der Waals surface area contributed by atoms with E-state index in [2.05, 4.69) is 49.9 Å². The average molecular weight is 268 g/mol. The van der Waals surface area contributed by atoms with Crippen molar-refractivity contribution in [2.24, 2.45) is 0 Å². The van der Waals surface area contributed by atoms with Crippen LogP contribution in [-0.4, -0.2) is 26.7 Å². The molecule has 0 bridgehead atoms. The minimum absolute atomic E-state index is 0.582. The van der Waals surface area contributed by atoms with E-state index in [0.29, 0.717) is 11.6 Å². The van der Waals surface area contributed by atoms with Crippen molar-refractivity contribution in [3.05, 3.63) is 36.0 Å². The van der Waals surface area contributed by atoms with Crippen LogP contribution in [0.25, 0.3) is 11.0 Å². The molecule has 102 valence electrons. The van der Waals surface area contributed by atoms with Gasteiger partial charge < -0.3 is 10.6 Å². The summed E-state index contributed by atoms with van der Waals surface area (Å²) >= 11 is 0. The summed E-state index contributed by atoms with van der Waals surface area (Å²) in [6, 6.07) is 8.16. The minimum Gasteiger partial charge on any atom is -0.354 e. The maximum atomic E-state index is 4.49. The summed E-state index contributed by atoms with van der Waals surface area (Å²) in [6.45, 7) is 4.84. The first kappa shape index (κ1) is 12.4. The summed E-state index contributed by atoms with van der Waals surface area (Å²) in [4.78, 5) is 8.85. The van der Waals surface area contributed by atoms with Gasteiger partial charge in [0.05, 0.1) is 11.6 Å². The van der Waals surface area contributed by atoms with Crippen molar-refractivity contribution < 1.29 is 0 Å². The van der Waals surface area contributed by atoms with Gasteiger partial charge in [0.25, 0.3) is 0 Å². The van der Waals surface area contributed by atoms with E-state index in [1.807, 2.05) is 19.1 Å². The number of anilines is 3. The third-order valence-electron chi connectivity index (χ3n) is 2.96. The zero-order chi connectivity index (χ0) is 13.9. The molecule has 0 aliphatic rings. The molecule has 6 nitrogen and oxygen atoms in total. The van der Waals surface area contributed by atoms with Crippen molar-refractivity contribution in [3.8, 4) is 0 Å². The molecule has 0 amide bonds. The van der Waals surface area contributed by atoms with Crippen LogP contribution in [0, 0.1) is 6.92 Å². The van der Waals surface area contributed by atoms with E-state index < -0.39 is 0 Å². The van der Waals surface area contributed by atoms with Crippen LogP contribution in [0.15, 0.2) is 30.5 Å². The fourth-order valence-electron chi connectivity index (χ4n) is 1.94. The Morgan fingerprint density at radius 1 is 1.15 bits per heavy atom. The number of benzene rings is 1. The number of aromatic amines is 1. The normalized spacial score (nSPS) is 10.7. The summed E-state index contributed by atoms with van der Waals surface area (Å²) in [7, 11) is 0. The van der Waals surface area contributed by atoms with Crippen LogP contribution < -0.4 is 10.6 Å². The van der Waals surface area contributed by atoms with Gasteiger partial charge in [0, 0.05) is 12.2 Å². The van der Waals surface area contributed by atoms with E-state index in [0.717, 1.165) is 23.4 Å². The first-order chi connectivity index (χ1) is 9.76. The number of aryl methyl sites for hydroxylation is 1. The van der Waals surface area contributed by atoms with Crippen LogP contribution >= 0.6 is 0 Å². The highest BCUT2D eigenvalue weighted by Gasteiger charge is 2.09.